The van der Waals surface area contributed by atoms with Gasteiger partial charge in [-0.1, -0.05) is 37.1 Å². The summed E-state index contributed by atoms with van der Waals surface area (Å²) in [7, 11) is 0. The second-order valence-electron chi connectivity index (χ2n) is 7.51. The molecule has 1 atom stereocenters. The number of nitrogens with zero attached hydrogens (tertiary/aromatic N) is 2. The van der Waals surface area contributed by atoms with Gasteiger partial charge in [-0.3, -0.25) is 9.59 Å². The second kappa shape index (κ2) is 7.70. The summed E-state index contributed by atoms with van der Waals surface area (Å²) in [5, 5.41) is 0. The van der Waals surface area contributed by atoms with Crippen molar-refractivity contribution in [3.05, 3.63) is 71.3 Å². The maximum absolute atomic E-state index is 13.4. The van der Waals surface area contributed by atoms with Crippen molar-refractivity contribution >= 4 is 11.8 Å². The third kappa shape index (κ3) is 3.63. The molecule has 4 rings (SSSR count). The largest absolute Gasteiger partial charge is 0.328 e. The van der Waals surface area contributed by atoms with Crippen LogP contribution in [0, 0.1) is 11.6 Å². The molecule has 1 saturated heterocycles. The van der Waals surface area contributed by atoms with Crippen LogP contribution in [0.1, 0.15) is 42.9 Å². The van der Waals surface area contributed by atoms with E-state index in [-0.39, 0.29) is 36.8 Å². The average molecular weight is 384 g/mol. The fraction of sp³-hybridized carbons (Fsp3) is 0.364. The minimum absolute atomic E-state index is 0.0579. The number of carbonyl (C=O) groups is 2. The SMILES string of the molecule is O=C1C(c2ccc(F)cc2)N(Cc2ccc(F)cc2)C(=O)CN1C1CCCC1. The highest BCUT2D eigenvalue weighted by molar-refractivity contribution is 5.95. The highest BCUT2D eigenvalue weighted by Crippen LogP contribution is 2.33. The minimum Gasteiger partial charge on any atom is -0.328 e. The highest BCUT2D eigenvalue weighted by Gasteiger charge is 2.43. The van der Waals surface area contributed by atoms with Crippen LogP contribution in [0.2, 0.25) is 0 Å². The van der Waals surface area contributed by atoms with Crippen molar-refractivity contribution in [3.63, 3.8) is 0 Å². The van der Waals surface area contributed by atoms with E-state index in [2.05, 4.69) is 0 Å². The van der Waals surface area contributed by atoms with Crippen LogP contribution in [-0.2, 0) is 16.1 Å². The lowest BCUT2D eigenvalue weighted by molar-refractivity contribution is -0.159. The molecule has 2 aliphatic rings. The van der Waals surface area contributed by atoms with Crippen LogP contribution in [0.15, 0.2) is 48.5 Å². The second-order valence-corrected chi connectivity index (χ2v) is 7.51. The van der Waals surface area contributed by atoms with Gasteiger partial charge in [0.25, 0.3) is 5.91 Å². The fourth-order valence-electron chi connectivity index (χ4n) is 4.21. The average Bonchev–Trinajstić information content (AvgIpc) is 3.22. The van der Waals surface area contributed by atoms with Gasteiger partial charge in [-0.25, -0.2) is 8.78 Å². The number of benzene rings is 2. The smallest absolute Gasteiger partial charge is 0.250 e. The summed E-state index contributed by atoms with van der Waals surface area (Å²) in [5.41, 5.74) is 1.33. The van der Waals surface area contributed by atoms with E-state index in [1.165, 1.54) is 29.2 Å². The number of halogens is 2. The zero-order valence-corrected chi connectivity index (χ0v) is 15.5. The van der Waals surface area contributed by atoms with Gasteiger partial charge in [-0.2, -0.15) is 0 Å². The Morgan fingerprint density at radius 1 is 0.857 bits per heavy atom. The van der Waals surface area contributed by atoms with Gasteiger partial charge in [0.2, 0.25) is 5.91 Å². The predicted octanol–water partition coefficient (Wildman–Crippen LogP) is 3.82. The Kier molecular flexibility index (Phi) is 5.11. The van der Waals surface area contributed by atoms with E-state index in [0.29, 0.717) is 5.56 Å². The van der Waals surface area contributed by atoms with Crippen molar-refractivity contribution in [2.45, 2.75) is 44.3 Å². The lowest BCUT2D eigenvalue weighted by Gasteiger charge is -2.43. The van der Waals surface area contributed by atoms with Crippen LogP contribution in [0.25, 0.3) is 0 Å². The first kappa shape index (κ1) is 18.6. The molecular weight excluding hydrogens is 362 g/mol. The Morgan fingerprint density at radius 3 is 2.04 bits per heavy atom. The summed E-state index contributed by atoms with van der Waals surface area (Å²) in [6.45, 7) is 0.258. The summed E-state index contributed by atoms with van der Waals surface area (Å²) in [4.78, 5) is 29.6. The van der Waals surface area contributed by atoms with E-state index in [0.717, 1.165) is 31.2 Å². The molecule has 0 bridgehead atoms. The van der Waals surface area contributed by atoms with Crippen LogP contribution in [0.5, 0.6) is 0 Å². The molecule has 1 aliphatic heterocycles. The van der Waals surface area contributed by atoms with Gasteiger partial charge >= 0.3 is 0 Å². The van der Waals surface area contributed by atoms with Crippen molar-refractivity contribution in [2.24, 2.45) is 0 Å². The Morgan fingerprint density at radius 2 is 1.43 bits per heavy atom. The van der Waals surface area contributed by atoms with Crippen molar-refractivity contribution in [1.82, 2.24) is 9.80 Å². The third-order valence-corrected chi connectivity index (χ3v) is 5.67. The Balaban J connectivity index is 1.68. The quantitative estimate of drug-likeness (QED) is 0.804. The van der Waals surface area contributed by atoms with E-state index < -0.39 is 11.9 Å². The standard InChI is InChI=1S/C22H22F2N2O2/c23-17-9-5-15(6-10-17)13-26-20(27)14-25(19-3-1-2-4-19)22(28)21(26)16-7-11-18(24)12-8-16/h5-12,19,21H,1-4,13-14H2. The number of carbonyl (C=O) groups excluding carboxylic acids is 2. The van der Waals surface area contributed by atoms with E-state index >= 15 is 0 Å². The van der Waals surface area contributed by atoms with Gasteiger partial charge in [0.1, 0.15) is 24.2 Å². The maximum atomic E-state index is 13.4. The van der Waals surface area contributed by atoms with Gasteiger partial charge in [0.05, 0.1) is 0 Å². The Hall–Kier alpha value is -2.76. The minimum atomic E-state index is -0.799. The van der Waals surface area contributed by atoms with Gasteiger partial charge in [0.15, 0.2) is 0 Å². The van der Waals surface area contributed by atoms with Crippen LogP contribution >= 0.6 is 0 Å². The molecule has 2 amide bonds. The zero-order chi connectivity index (χ0) is 19.7. The lowest BCUT2D eigenvalue weighted by atomic mass is 9.98. The number of hydrogen-bond acceptors (Lipinski definition) is 2. The normalized spacial score (nSPS) is 20.9. The number of rotatable bonds is 4. The Labute approximate surface area is 162 Å². The molecule has 0 spiro atoms. The van der Waals surface area contributed by atoms with E-state index in [1.807, 2.05) is 0 Å². The van der Waals surface area contributed by atoms with Crippen LogP contribution in [0.4, 0.5) is 8.78 Å². The topological polar surface area (TPSA) is 40.6 Å². The first-order valence-electron chi connectivity index (χ1n) is 9.63. The molecule has 6 heteroatoms. The molecule has 28 heavy (non-hydrogen) atoms. The summed E-state index contributed by atoms with van der Waals surface area (Å²) >= 11 is 0. The molecule has 1 aliphatic carbocycles. The summed E-state index contributed by atoms with van der Waals surface area (Å²) in [6, 6.07) is 10.9. The number of amides is 2. The van der Waals surface area contributed by atoms with Gasteiger partial charge in [-0.15, -0.1) is 0 Å². The zero-order valence-electron chi connectivity index (χ0n) is 15.5. The number of piperazine rings is 1. The molecule has 1 heterocycles. The van der Waals surface area contributed by atoms with Gasteiger partial charge in [-0.05, 0) is 48.2 Å². The van der Waals surface area contributed by atoms with E-state index in [4.69, 9.17) is 0 Å². The molecule has 1 saturated carbocycles. The first-order chi connectivity index (χ1) is 13.5. The lowest BCUT2D eigenvalue weighted by Crippen LogP contribution is -2.57. The predicted molar refractivity (Wildman–Crippen MR) is 100 cm³/mol. The maximum Gasteiger partial charge on any atom is 0.250 e. The van der Waals surface area contributed by atoms with Crippen LogP contribution in [-0.4, -0.2) is 34.2 Å². The molecule has 2 aromatic carbocycles. The molecular formula is C22H22F2N2O2. The van der Waals surface area contributed by atoms with E-state index in [1.54, 1.807) is 29.2 Å². The molecule has 4 nitrogen and oxygen atoms in total. The van der Waals surface area contributed by atoms with Crippen LogP contribution < -0.4 is 0 Å². The molecule has 0 N–H and O–H groups in total. The molecule has 2 fully saturated rings. The summed E-state index contributed by atoms with van der Waals surface area (Å²) in [6.07, 6.45) is 3.94. The third-order valence-electron chi connectivity index (χ3n) is 5.67. The van der Waals surface area contributed by atoms with Gasteiger partial charge < -0.3 is 9.80 Å². The molecule has 1 unspecified atom stereocenters. The van der Waals surface area contributed by atoms with Crippen molar-refractivity contribution in [3.8, 4) is 0 Å². The van der Waals surface area contributed by atoms with Crippen LogP contribution in [0.3, 0.4) is 0 Å². The molecule has 2 aromatic rings. The highest BCUT2D eigenvalue weighted by atomic mass is 19.1. The monoisotopic (exact) mass is 384 g/mol. The molecule has 146 valence electrons. The molecule has 0 aromatic heterocycles. The summed E-state index contributed by atoms with van der Waals surface area (Å²) in [5.74, 6) is -1.02. The Bertz CT molecular complexity index is 861. The van der Waals surface area contributed by atoms with Crippen molar-refractivity contribution in [2.75, 3.05) is 6.54 Å². The van der Waals surface area contributed by atoms with E-state index in [9.17, 15) is 18.4 Å². The van der Waals surface area contributed by atoms with Crippen molar-refractivity contribution in [1.29, 1.82) is 0 Å². The number of hydrogen-bond donors (Lipinski definition) is 0. The van der Waals surface area contributed by atoms with Crippen molar-refractivity contribution < 1.29 is 18.4 Å². The first-order valence-corrected chi connectivity index (χ1v) is 9.63. The summed E-state index contributed by atoms with van der Waals surface area (Å²) < 4.78 is 26.7. The van der Waals surface area contributed by atoms with Gasteiger partial charge in [0, 0.05) is 12.6 Å². The molecule has 0 radical (unpaired) electrons. The fourth-order valence-corrected chi connectivity index (χ4v) is 4.21.